The summed E-state index contributed by atoms with van der Waals surface area (Å²) >= 11 is 0. The molecule has 8 heteroatoms. The molecule has 0 saturated heterocycles. The fourth-order valence-corrected chi connectivity index (χ4v) is 1.74. The van der Waals surface area contributed by atoms with E-state index in [9.17, 15) is 13.6 Å². The third-order valence-electron chi connectivity index (χ3n) is 3.39. The second-order valence-corrected chi connectivity index (χ2v) is 6.61. The van der Waals surface area contributed by atoms with Crippen LogP contribution in [-0.4, -0.2) is 69.3 Å². The lowest BCUT2D eigenvalue weighted by molar-refractivity contribution is -0.190. The first kappa shape index (κ1) is 25.3. The zero-order chi connectivity index (χ0) is 20.2. The van der Waals surface area contributed by atoms with Crippen LogP contribution in [0.1, 0.15) is 48.0 Å². The van der Waals surface area contributed by atoms with E-state index in [-0.39, 0.29) is 31.5 Å². The van der Waals surface area contributed by atoms with Gasteiger partial charge in [0.25, 0.3) is 5.85 Å². The minimum Gasteiger partial charge on any atom is -0.376 e. The quantitative estimate of drug-likeness (QED) is 0.381. The highest BCUT2D eigenvalue weighted by molar-refractivity contribution is 5.75. The number of carbonyl (C=O) groups excluding carboxylic acids is 1. The Kier molecular flexibility index (Phi) is 13.1. The van der Waals surface area contributed by atoms with E-state index in [0.717, 1.165) is 13.3 Å². The molecule has 0 saturated carbocycles. The molecule has 0 rings (SSSR count). The molecule has 0 heterocycles. The lowest BCUT2D eigenvalue weighted by Gasteiger charge is -2.22. The lowest BCUT2D eigenvalue weighted by Crippen LogP contribution is -2.34. The maximum Gasteiger partial charge on any atom is 0.365 e. The molecule has 0 aliphatic carbocycles. The molecule has 0 bridgehead atoms. The fourth-order valence-electron chi connectivity index (χ4n) is 1.74. The van der Waals surface area contributed by atoms with Crippen molar-refractivity contribution in [1.82, 2.24) is 0 Å². The number of carbonyl (C=O) groups is 1. The summed E-state index contributed by atoms with van der Waals surface area (Å²) in [5.74, 6) is -2.94. The molecule has 0 amide bonds. The van der Waals surface area contributed by atoms with Crippen molar-refractivity contribution in [3.63, 3.8) is 0 Å². The molecular formula is C18H34F2O6. The predicted octanol–water partition coefficient (Wildman–Crippen LogP) is 3.22. The summed E-state index contributed by atoms with van der Waals surface area (Å²) in [6.07, 6.45) is 0.196. The smallest absolute Gasteiger partial charge is 0.365 e. The standard InChI is InChI=1S/C18H34F2O6/c1-7-8-22-13(2)9-23-14(3)10-24-15(4)11-25-16(5)12-26-18(6,20)17(19)21/h13-16H,7-12H2,1-6H3. The molecular weight excluding hydrogens is 350 g/mol. The van der Waals surface area contributed by atoms with Crippen LogP contribution in [-0.2, 0) is 28.5 Å². The van der Waals surface area contributed by atoms with Crippen LogP contribution in [0, 0.1) is 0 Å². The third kappa shape index (κ3) is 12.6. The molecule has 6 nitrogen and oxygen atoms in total. The monoisotopic (exact) mass is 384 g/mol. The molecule has 0 fully saturated rings. The summed E-state index contributed by atoms with van der Waals surface area (Å²) in [4.78, 5) is 10.4. The van der Waals surface area contributed by atoms with Crippen LogP contribution in [0.4, 0.5) is 8.78 Å². The number of rotatable bonds is 16. The Labute approximate surface area is 155 Å². The van der Waals surface area contributed by atoms with Crippen molar-refractivity contribution in [3.05, 3.63) is 0 Å². The van der Waals surface area contributed by atoms with E-state index in [1.165, 1.54) is 0 Å². The Balaban J connectivity index is 3.84. The van der Waals surface area contributed by atoms with Crippen molar-refractivity contribution in [2.75, 3.05) is 33.0 Å². The van der Waals surface area contributed by atoms with Gasteiger partial charge in [-0.3, -0.25) is 4.79 Å². The molecule has 0 aliphatic rings. The Morgan fingerprint density at radius 2 is 1.23 bits per heavy atom. The van der Waals surface area contributed by atoms with Crippen LogP contribution < -0.4 is 0 Å². The first-order chi connectivity index (χ1) is 12.1. The van der Waals surface area contributed by atoms with Crippen molar-refractivity contribution in [2.24, 2.45) is 0 Å². The van der Waals surface area contributed by atoms with Crippen molar-refractivity contribution in [3.8, 4) is 0 Å². The minimum atomic E-state index is -2.94. The molecule has 26 heavy (non-hydrogen) atoms. The van der Waals surface area contributed by atoms with Gasteiger partial charge >= 0.3 is 6.04 Å². The summed E-state index contributed by atoms with van der Waals surface area (Å²) in [6, 6.07) is -2.16. The summed E-state index contributed by atoms with van der Waals surface area (Å²) in [6.45, 7) is 11.7. The summed E-state index contributed by atoms with van der Waals surface area (Å²) < 4.78 is 52.5. The van der Waals surface area contributed by atoms with Gasteiger partial charge in [0.2, 0.25) is 0 Å². The second kappa shape index (κ2) is 13.5. The van der Waals surface area contributed by atoms with E-state index in [2.05, 4.69) is 11.7 Å². The van der Waals surface area contributed by atoms with Crippen LogP contribution in [0.2, 0.25) is 0 Å². The van der Waals surface area contributed by atoms with Crippen LogP contribution in [0.3, 0.4) is 0 Å². The molecule has 0 aliphatic heterocycles. The maximum atomic E-state index is 13.3. The van der Waals surface area contributed by atoms with Crippen LogP contribution in [0.5, 0.6) is 0 Å². The van der Waals surface area contributed by atoms with Crippen molar-refractivity contribution in [1.29, 1.82) is 0 Å². The molecule has 5 atom stereocenters. The van der Waals surface area contributed by atoms with Crippen LogP contribution in [0.15, 0.2) is 0 Å². The molecule has 0 N–H and O–H groups in total. The van der Waals surface area contributed by atoms with Gasteiger partial charge in [-0.15, -0.1) is 0 Å². The Bertz CT molecular complexity index is 381. The Hall–Kier alpha value is -0.670. The normalized spacial score (nSPS) is 18.8. The topological polar surface area (TPSA) is 63.2 Å². The van der Waals surface area contributed by atoms with Gasteiger partial charge in [0.05, 0.1) is 50.8 Å². The van der Waals surface area contributed by atoms with Crippen LogP contribution in [0.25, 0.3) is 0 Å². The molecule has 5 unspecified atom stereocenters. The first-order valence-electron chi connectivity index (χ1n) is 9.07. The largest absolute Gasteiger partial charge is 0.376 e. The van der Waals surface area contributed by atoms with E-state index in [1.807, 2.05) is 20.8 Å². The van der Waals surface area contributed by atoms with E-state index < -0.39 is 18.0 Å². The second-order valence-electron chi connectivity index (χ2n) is 6.61. The highest BCUT2D eigenvalue weighted by Gasteiger charge is 2.34. The number of halogens is 2. The molecule has 156 valence electrons. The molecule has 0 radical (unpaired) electrons. The summed E-state index contributed by atoms with van der Waals surface area (Å²) in [5, 5.41) is 0. The number of hydrogen-bond donors (Lipinski definition) is 0. The average Bonchev–Trinajstić information content (AvgIpc) is 2.59. The van der Waals surface area contributed by atoms with Gasteiger partial charge in [-0.1, -0.05) is 6.92 Å². The fraction of sp³-hybridized carbons (Fsp3) is 0.944. The minimum absolute atomic E-state index is 0.0383. The van der Waals surface area contributed by atoms with Gasteiger partial charge in [0.1, 0.15) is 0 Å². The Morgan fingerprint density at radius 1 is 0.846 bits per heavy atom. The highest BCUT2D eigenvalue weighted by Crippen LogP contribution is 2.15. The average molecular weight is 384 g/mol. The van der Waals surface area contributed by atoms with E-state index >= 15 is 0 Å². The van der Waals surface area contributed by atoms with Gasteiger partial charge < -0.3 is 23.7 Å². The molecule has 0 aromatic carbocycles. The first-order valence-corrected chi connectivity index (χ1v) is 9.07. The summed E-state index contributed by atoms with van der Waals surface area (Å²) in [7, 11) is 0. The lowest BCUT2D eigenvalue weighted by atomic mass is 10.3. The van der Waals surface area contributed by atoms with Gasteiger partial charge in [0.15, 0.2) is 0 Å². The third-order valence-corrected chi connectivity index (χ3v) is 3.39. The van der Waals surface area contributed by atoms with Crippen molar-refractivity contribution >= 4 is 6.04 Å². The number of ether oxygens (including phenoxy) is 5. The highest BCUT2D eigenvalue weighted by atomic mass is 19.2. The van der Waals surface area contributed by atoms with E-state index in [0.29, 0.717) is 19.8 Å². The van der Waals surface area contributed by atoms with Crippen molar-refractivity contribution < 1.29 is 37.3 Å². The molecule has 0 aromatic heterocycles. The summed E-state index contributed by atoms with van der Waals surface area (Å²) in [5.41, 5.74) is 0. The maximum absolute atomic E-state index is 13.3. The zero-order valence-electron chi connectivity index (χ0n) is 16.8. The van der Waals surface area contributed by atoms with Gasteiger partial charge in [-0.05, 0) is 34.1 Å². The van der Waals surface area contributed by atoms with Gasteiger partial charge in [-0.2, -0.15) is 4.39 Å². The van der Waals surface area contributed by atoms with E-state index in [1.54, 1.807) is 6.92 Å². The predicted molar refractivity (Wildman–Crippen MR) is 93.5 cm³/mol. The van der Waals surface area contributed by atoms with E-state index in [4.69, 9.17) is 18.9 Å². The number of hydrogen-bond acceptors (Lipinski definition) is 6. The van der Waals surface area contributed by atoms with Crippen LogP contribution >= 0.6 is 0 Å². The SMILES string of the molecule is CCCOC(C)COC(C)COC(C)COC(C)COC(C)(F)C(=O)F. The molecule has 0 aromatic rings. The van der Waals surface area contributed by atoms with Gasteiger partial charge in [0, 0.05) is 13.5 Å². The van der Waals surface area contributed by atoms with Gasteiger partial charge in [-0.25, -0.2) is 4.39 Å². The number of alkyl halides is 1. The Morgan fingerprint density at radius 3 is 1.62 bits per heavy atom. The molecule has 0 spiro atoms. The van der Waals surface area contributed by atoms with Crippen molar-refractivity contribution in [2.45, 2.75) is 78.2 Å². The zero-order valence-corrected chi connectivity index (χ0v) is 16.8.